The molecule has 5 nitrogen and oxygen atoms in total. The van der Waals surface area contributed by atoms with Crippen molar-refractivity contribution in [2.45, 2.75) is 13.8 Å². The van der Waals surface area contributed by atoms with Crippen molar-refractivity contribution < 1.29 is 4.79 Å². The highest BCUT2D eigenvalue weighted by Crippen LogP contribution is 2.30. The highest BCUT2D eigenvalue weighted by atomic mass is 35.5. The lowest BCUT2D eigenvalue weighted by atomic mass is 10.1. The van der Waals surface area contributed by atoms with E-state index in [1.807, 2.05) is 50.2 Å². The van der Waals surface area contributed by atoms with Gasteiger partial charge in [0.1, 0.15) is 5.82 Å². The van der Waals surface area contributed by atoms with Gasteiger partial charge < -0.3 is 15.6 Å². The lowest BCUT2D eigenvalue weighted by molar-refractivity contribution is 0.262. The summed E-state index contributed by atoms with van der Waals surface area (Å²) in [5, 5.41) is 6.27. The number of nitrogens with zero attached hydrogens (tertiary/aromatic N) is 1. The molecule has 0 bridgehead atoms. The number of carbonyl (C=O) groups excluding carboxylic acids is 1. The molecule has 140 valence electrons. The van der Waals surface area contributed by atoms with Crippen LogP contribution in [-0.2, 0) is 0 Å². The standard InChI is InChI=1S/C22H19ClN4O/c1-13-9-14(2)11-16(10-13)25-22(28)24-15-7-8-18(23)17(12-15)21-26-19-5-3-4-6-20(19)27-21/h3-12H,1-2H3,(H,26,27)(H2,24,25,28). The summed E-state index contributed by atoms with van der Waals surface area (Å²) in [7, 11) is 0. The number of hydrogen-bond acceptors (Lipinski definition) is 2. The second-order valence-electron chi connectivity index (χ2n) is 6.75. The van der Waals surface area contributed by atoms with Crippen LogP contribution in [0.15, 0.2) is 60.7 Å². The van der Waals surface area contributed by atoms with Crippen molar-refractivity contribution in [1.82, 2.24) is 9.97 Å². The molecule has 0 spiro atoms. The fraction of sp³-hybridized carbons (Fsp3) is 0.0909. The minimum atomic E-state index is -0.317. The maximum atomic E-state index is 12.4. The molecule has 0 aliphatic carbocycles. The van der Waals surface area contributed by atoms with E-state index in [9.17, 15) is 4.79 Å². The predicted octanol–water partition coefficient (Wildman–Crippen LogP) is 6.14. The van der Waals surface area contributed by atoms with Crippen molar-refractivity contribution in [3.63, 3.8) is 0 Å². The van der Waals surface area contributed by atoms with Gasteiger partial charge in [-0.3, -0.25) is 0 Å². The molecule has 0 saturated heterocycles. The van der Waals surface area contributed by atoms with Crippen molar-refractivity contribution >= 4 is 40.0 Å². The third kappa shape index (κ3) is 3.85. The summed E-state index contributed by atoms with van der Waals surface area (Å²) in [5.41, 5.74) is 6.08. The van der Waals surface area contributed by atoms with Crippen molar-refractivity contribution in [1.29, 1.82) is 0 Å². The van der Waals surface area contributed by atoms with Crippen molar-refractivity contribution in [2.75, 3.05) is 10.6 Å². The Kier molecular flexibility index (Phi) is 4.75. The Morgan fingerprint density at radius 1 is 0.929 bits per heavy atom. The molecule has 3 N–H and O–H groups in total. The van der Waals surface area contributed by atoms with Gasteiger partial charge in [-0.2, -0.15) is 0 Å². The lowest BCUT2D eigenvalue weighted by Crippen LogP contribution is -2.19. The third-order valence-electron chi connectivity index (χ3n) is 4.35. The first-order chi connectivity index (χ1) is 13.5. The van der Waals surface area contributed by atoms with Crippen LogP contribution in [0, 0.1) is 13.8 Å². The number of aromatic amines is 1. The third-order valence-corrected chi connectivity index (χ3v) is 4.68. The molecule has 0 aliphatic rings. The molecule has 0 saturated carbocycles. The van der Waals surface area contributed by atoms with Gasteiger partial charge in [0.05, 0.1) is 16.1 Å². The van der Waals surface area contributed by atoms with Crippen molar-refractivity contribution in [2.24, 2.45) is 0 Å². The molecule has 0 aliphatic heterocycles. The van der Waals surface area contributed by atoms with Gasteiger partial charge in [-0.25, -0.2) is 9.78 Å². The molecule has 0 fully saturated rings. The number of benzene rings is 3. The number of anilines is 2. The molecular formula is C22H19ClN4O. The van der Waals surface area contributed by atoms with Gasteiger partial charge in [-0.1, -0.05) is 29.8 Å². The Balaban J connectivity index is 1.57. The van der Waals surface area contributed by atoms with E-state index in [0.29, 0.717) is 16.5 Å². The number of halogens is 1. The minimum absolute atomic E-state index is 0.317. The SMILES string of the molecule is Cc1cc(C)cc(NC(=O)Nc2ccc(Cl)c(-c3nc4ccccc4[nH]3)c2)c1. The Hall–Kier alpha value is -3.31. The van der Waals surface area contributed by atoms with Gasteiger partial charge in [-0.05, 0) is 67.4 Å². The first-order valence-corrected chi connectivity index (χ1v) is 9.27. The number of urea groups is 1. The molecule has 0 atom stereocenters. The van der Waals surface area contributed by atoms with E-state index in [0.717, 1.165) is 33.4 Å². The fourth-order valence-electron chi connectivity index (χ4n) is 3.21. The second kappa shape index (κ2) is 7.37. The molecule has 0 radical (unpaired) electrons. The van der Waals surface area contributed by atoms with Gasteiger partial charge >= 0.3 is 6.03 Å². The molecule has 1 heterocycles. The average molecular weight is 391 g/mol. The number of rotatable bonds is 3. The lowest BCUT2D eigenvalue weighted by Gasteiger charge is -2.10. The second-order valence-corrected chi connectivity index (χ2v) is 7.16. The van der Waals surface area contributed by atoms with Gasteiger partial charge in [0.15, 0.2) is 0 Å². The summed E-state index contributed by atoms with van der Waals surface area (Å²) in [4.78, 5) is 20.2. The quantitative estimate of drug-likeness (QED) is 0.393. The van der Waals surface area contributed by atoms with Crippen LogP contribution in [0.3, 0.4) is 0 Å². The monoisotopic (exact) mass is 390 g/mol. The van der Waals surface area contributed by atoms with Crippen LogP contribution < -0.4 is 10.6 Å². The average Bonchev–Trinajstić information content (AvgIpc) is 3.06. The van der Waals surface area contributed by atoms with Crippen LogP contribution in [-0.4, -0.2) is 16.0 Å². The molecule has 0 unspecified atom stereocenters. The number of para-hydroxylation sites is 2. The summed E-state index contributed by atoms with van der Waals surface area (Å²) in [5.74, 6) is 0.657. The highest BCUT2D eigenvalue weighted by Gasteiger charge is 2.11. The van der Waals surface area contributed by atoms with E-state index in [1.54, 1.807) is 18.2 Å². The summed E-state index contributed by atoms with van der Waals surface area (Å²) in [6.07, 6.45) is 0. The molecule has 4 rings (SSSR count). The number of H-pyrrole nitrogens is 1. The number of fused-ring (bicyclic) bond motifs is 1. The number of aromatic nitrogens is 2. The molecule has 1 aromatic heterocycles. The summed E-state index contributed by atoms with van der Waals surface area (Å²) >= 11 is 6.37. The maximum Gasteiger partial charge on any atom is 0.323 e. The molecule has 28 heavy (non-hydrogen) atoms. The minimum Gasteiger partial charge on any atom is -0.338 e. The first kappa shape index (κ1) is 18.1. The first-order valence-electron chi connectivity index (χ1n) is 8.89. The smallest absolute Gasteiger partial charge is 0.323 e. The van der Waals surface area contributed by atoms with E-state index in [4.69, 9.17) is 11.6 Å². The zero-order valence-electron chi connectivity index (χ0n) is 15.5. The maximum absolute atomic E-state index is 12.4. The predicted molar refractivity (Wildman–Crippen MR) is 115 cm³/mol. The zero-order valence-corrected chi connectivity index (χ0v) is 16.3. The van der Waals surface area contributed by atoms with E-state index in [2.05, 4.69) is 26.7 Å². The topological polar surface area (TPSA) is 69.8 Å². The molecular weight excluding hydrogens is 372 g/mol. The number of carbonyl (C=O) groups is 1. The fourth-order valence-corrected chi connectivity index (χ4v) is 3.41. The molecule has 6 heteroatoms. The van der Waals surface area contributed by atoms with Crippen molar-refractivity contribution in [3.05, 3.63) is 76.8 Å². The Labute approximate surface area is 167 Å². The summed E-state index contributed by atoms with van der Waals surface area (Å²) < 4.78 is 0. The number of aryl methyl sites for hydroxylation is 2. The number of hydrogen-bond donors (Lipinski definition) is 3. The van der Waals surface area contributed by atoms with Crippen LogP contribution in [0.4, 0.5) is 16.2 Å². The number of nitrogens with one attached hydrogen (secondary N) is 3. The van der Waals surface area contributed by atoms with Crippen LogP contribution in [0.5, 0.6) is 0 Å². The number of amides is 2. The van der Waals surface area contributed by atoms with Crippen LogP contribution >= 0.6 is 11.6 Å². The van der Waals surface area contributed by atoms with E-state index in [-0.39, 0.29) is 6.03 Å². The Morgan fingerprint density at radius 2 is 1.64 bits per heavy atom. The van der Waals surface area contributed by atoms with Gasteiger partial charge in [0.2, 0.25) is 0 Å². The van der Waals surface area contributed by atoms with Crippen LogP contribution in [0.2, 0.25) is 5.02 Å². The van der Waals surface area contributed by atoms with Crippen molar-refractivity contribution in [3.8, 4) is 11.4 Å². The molecule has 4 aromatic rings. The van der Waals surface area contributed by atoms with Gasteiger partial charge in [0, 0.05) is 16.9 Å². The van der Waals surface area contributed by atoms with Crippen LogP contribution in [0.1, 0.15) is 11.1 Å². The Bertz CT molecular complexity index is 1130. The van der Waals surface area contributed by atoms with Gasteiger partial charge in [0.25, 0.3) is 0 Å². The van der Waals surface area contributed by atoms with Crippen LogP contribution in [0.25, 0.3) is 22.4 Å². The Morgan fingerprint density at radius 3 is 2.39 bits per heavy atom. The molecule has 3 aromatic carbocycles. The normalized spacial score (nSPS) is 10.8. The molecule has 2 amide bonds. The summed E-state index contributed by atoms with van der Waals surface area (Å²) in [6.45, 7) is 3.99. The van der Waals surface area contributed by atoms with E-state index in [1.165, 1.54) is 0 Å². The van der Waals surface area contributed by atoms with E-state index < -0.39 is 0 Å². The number of imidazole rings is 1. The largest absolute Gasteiger partial charge is 0.338 e. The zero-order chi connectivity index (χ0) is 19.7. The van der Waals surface area contributed by atoms with Gasteiger partial charge in [-0.15, -0.1) is 0 Å². The van der Waals surface area contributed by atoms with E-state index >= 15 is 0 Å². The summed E-state index contributed by atoms with van der Waals surface area (Å²) in [6, 6.07) is 18.7. The highest BCUT2D eigenvalue weighted by molar-refractivity contribution is 6.33.